The van der Waals surface area contributed by atoms with Gasteiger partial charge in [-0.2, -0.15) is 15.3 Å². The fraction of sp³-hybridized carbons (Fsp3) is 0.160. The molecule has 0 saturated heterocycles. The summed E-state index contributed by atoms with van der Waals surface area (Å²) in [6.07, 6.45) is -1.04. The van der Waals surface area contributed by atoms with Crippen molar-refractivity contribution in [1.29, 1.82) is 0 Å². The van der Waals surface area contributed by atoms with E-state index in [1.165, 1.54) is 18.3 Å². The van der Waals surface area contributed by atoms with Crippen LogP contribution in [-0.2, 0) is 13.1 Å². The van der Waals surface area contributed by atoms with Crippen molar-refractivity contribution in [3.63, 3.8) is 0 Å². The average Bonchev–Trinajstić information content (AvgIpc) is 3.62. The zero-order valence-electron chi connectivity index (χ0n) is 18.9. The third-order valence-electron chi connectivity index (χ3n) is 5.71. The van der Waals surface area contributed by atoms with Crippen molar-refractivity contribution in [3.8, 4) is 22.4 Å². The zero-order valence-corrected chi connectivity index (χ0v) is 18.9. The van der Waals surface area contributed by atoms with Gasteiger partial charge in [-0.3, -0.25) is 14.5 Å². The SMILES string of the molecule is Fc1ccc(-c2cnn(Cc3cc(Cn4ccc(-c5ccc(F)c(C(F)F)c5)n4)n[nH]3)c2)cc1C(F)F. The van der Waals surface area contributed by atoms with Crippen LogP contribution in [0.3, 0.4) is 0 Å². The molecule has 0 spiro atoms. The minimum Gasteiger partial charge on any atom is -0.280 e. The minimum atomic E-state index is -2.93. The van der Waals surface area contributed by atoms with Crippen molar-refractivity contribution < 1.29 is 26.3 Å². The van der Waals surface area contributed by atoms with Gasteiger partial charge in [0, 0.05) is 23.5 Å². The van der Waals surface area contributed by atoms with E-state index < -0.39 is 35.6 Å². The van der Waals surface area contributed by atoms with Gasteiger partial charge >= 0.3 is 0 Å². The van der Waals surface area contributed by atoms with Crippen LogP contribution in [0.15, 0.2) is 67.1 Å². The van der Waals surface area contributed by atoms with Gasteiger partial charge in [0.15, 0.2) is 0 Å². The molecule has 3 aromatic heterocycles. The molecule has 0 radical (unpaired) electrons. The smallest absolute Gasteiger partial charge is 0.266 e. The molecule has 1 N–H and O–H groups in total. The number of alkyl halides is 4. The predicted octanol–water partition coefficient (Wildman–Crippen LogP) is 6.39. The van der Waals surface area contributed by atoms with Crippen molar-refractivity contribution in [1.82, 2.24) is 29.8 Å². The van der Waals surface area contributed by atoms with Crippen molar-refractivity contribution in [2.75, 3.05) is 0 Å². The summed E-state index contributed by atoms with van der Waals surface area (Å²) in [5.74, 6) is -1.93. The topological polar surface area (TPSA) is 64.3 Å². The number of hydrogen-bond donors (Lipinski definition) is 1. The van der Waals surface area contributed by atoms with Crippen molar-refractivity contribution in [3.05, 3.63) is 101 Å². The van der Waals surface area contributed by atoms with Crippen LogP contribution in [0.5, 0.6) is 0 Å². The first-order valence-corrected chi connectivity index (χ1v) is 11.0. The molecule has 190 valence electrons. The number of nitrogens with one attached hydrogen (secondary N) is 1. The Hall–Kier alpha value is -4.35. The molecule has 3 heterocycles. The standard InChI is InChI=1S/C25H18F6N6/c26-21-3-1-14(7-19(21)24(28)29)16-10-32-37(11-16)13-18-9-17(33-34-18)12-36-6-5-23(35-36)15-2-4-22(27)20(8-15)25(30)31/h1-11,24-25H,12-13H2,(H,33,34). The maximum Gasteiger partial charge on any atom is 0.266 e. The summed E-state index contributed by atoms with van der Waals surface area (Å²) in [4.78, 5) is 0. The first kappa shape index (κ1) is 24.3. The molecule has 0 amide bonds. The van der Waals surface area contributed by atoms with Gasteiger partial charge in [0.1, 0.15) is 11.6 Å². The number of hydrogen-bond acceptors (Lipinski definition) is 3. The van der Waals surface area contributed by atoms with Crippen LogP contribution in [0.4, 0.5) is 26.3 Å². The van der Waals surface area contributed by atoms with Gasteiger partial charge in [0.25, 0.3) is 12.9 Å². The van der Waals surface area contributed by atoms with Gasteiger partial charge in [-0.1, -0.05) is 6.07 Å². The lowest BCUT2D eigenvalue weighted by atomic mass is 10.1. The Balaban J connectivity index is 1.26. The predicted molar refractivity (Wildman–Crippen MR) is 122 cm³/mol. The van der Waals surface area contributed by atoms with Crippen LogP contribution in [0, 0.1) is 11.6 Å². The summed E-state index contributed by atoms with van der Waals surface area (Å²) in [5.41, 5.74) is 1.77. The molecule has 0 fully saturated rings. The first-order chi connectivity index (χ1) is 17.8. The van der Waals surface area contributed by atoms with Crippen LogP contribution in [0.2, 0.25) is 0 Å². The van der Waals surface area contributed by atoms with Gasteiger partial charge in [-0.05, 0) is 48.0 Å². The minimum absolute atomic E-state index is 0.287. The van der Waals surface area contributed by atoms with Gasteiger partial charge in [0.05, 0.1) is 47.5 Å². The van der Waals surface area contributed by atoms with E-state index in [1.54, 1.807) is 33.9 Å². The fourth-order valence-electron chi connectivity index (χ4n) is 3.88. The molecule has 6 nitrogen and oxygen atoms in total. The Labute approximate surface area is 206 Å². The first-order valence-electron chi connectivity index (χ1n) is 11.0. The van der Waals surface area contributed by atoms with Gasteiger partial charge in [-0.25, -0.2) is 26.3 Å². The molecule has 0 aliphatic carbocycles. The molecule has 5 aromatic rings. The highest BCUT2D eigenvalue weighted by atomic mass is 19.3. The number of aromatic nitrogens is 6. The molecular formula is C25H18F6N6. The number of nitrogens with zero attached hydrogens (tertiary/aromatic N) is 5. The van der Waals surface area contributed by atoms with Gasteiger partial charge in [-0.15, -0.1) is 0 Å². The number of rotatable bonds is 8. The Bertz CT molecular complexity index is 1420. The highest BCUT2D eigenvalue weighted by molar-refractivity contribution is 5.63. The lowest BCUT2D eigenvalue weighted by Gasteiger charge is -2.04. The third kappa shape index (κ3) is 5.27. The molecular weight excluding hydrogens is 498 g/mol. The molecule has 0 atom stereocenters. The van der Waals surface area contributed by atoms with E-state index in [4.69, 9.17) is 0 Å². The van der Waals surface area contributed by atoms with Crippen LogP contribution < -0.4 is 0 Å². The molecule has 0 unspecified atom stereocenters. The summed E-state index contributed by atoms with van der Waals surface area (Å²) in [7, 11) is 0. The van der Waals surface area contributed by atoms with Crippen LogP contribution >= 0.6 is 0 Å². The number of aromatic amines is 1. The Morgan fingerprint density at radius 3 is 2.14 bits per heavy atom. The molecule has 5 rings (SSSR count). The van der Waals surface area contributed by atoms with E-state index in [2.05, 4.69) is 20.4 Å². The Morgan fingerprint density at radius 1 is 0.757 bits per heavy atom. The number of halogens is 6. The maximum absolute atomic E-state index is 13.6. The van der Waals surface area contributed by atoms with Crippen molar-refractivity contribution in [2.24, 2.45) is 0 Å². The Kier molecular flexibility index (Phi) is 6.55. The van der Waals surface area contributed by atoms with Gasteiger partial charge in [0.2, 0.25) is 0 Å². The number of benzene rings is 2. The fourth-order valence-corrected chi connectivity index (χ4v) is 3.88. The average molecular weight is 516 g/mol. The second kappa shape index (κ2) is 9.96. The monoisotopic (exact) mass is 516 g/mol. The number of H-pyrrole nitrogens is 1. The molecule has 2 aromatic carbocycles. The van der Waals surface area contributed by atoms with Crippen LogP contribution in [-0.4, -0.2) is 29.8 Å². The van der Waals surface area contributed by atoms with E-state index in [9.17, 15) is 26.3 Å². The maximum atomic E-state index is 13.6. The summed E-state index contributed by atoms with van der Waals surface area (Å²) < 4.78 is 82.3. The van der Waals surface area contributed by atoms with Crippen molar-refractivity contribution >= 4 is 0 Å². The summed E-state index contributed by atoms with van der Waals surface area (Å²) in [6, 6.07) is 10.4. The second-order valence-electron chi connectivity index (χ2n) is 8.28. The molecule has 0 aliphatic rings. The molecule has 0 aliphatic heterocycles. The highest BCUT2D eigenvalue weighted by Crippen LogP contribution is 2.29. The lowest BCUT2D eigenvalue weighted by molar-refractivity contribution is 0.146. The van der Waals surface area contributed by atoms with E-state index in [1.807, 2.05) is 0 Å². The highest BCUT2D eigenvalue weighted by Gasteiger charge is 2.17. The van der Waals surface area contributed by atoms with Crippen LogP contribution in [0.1, 0.15) is 35.4 Å². The zero-order chi connectivity index (χ0) is 26.1. The van der Waals surface area contributed by atoms with Crippen molar-refractivity contribution in [2.45, 2.75) is 25.9 Å². The van der Waals surface area contributed by atoms with Gasteiger partial charge < -0.3 is 0 Å². The lowest BCUT2D eigenvalue weighted by Crippen LogP contribution is -2.01. The quantitative estimate of drug-likeness (QED) is 0.243. The molecule has 37 heavy (non-hydrogen) atoms. The van der Waals surface area contributed by atoms with E-state index >= 15 is 0 Å². The van der Waals surface area contributed by atoms with Crippen LogP contribution in [0.25, 0.3) is 22.4 Å². The summed E-state index contributed by atoms with van der Waals surface area (Å²) in [5, 5.41) is 15.7. The molecule has 0 bridgehead atoms. The Morgan fingerprint density at radius 2 is 1.43 bits per heavy atom. The normalized spacial score (nSPS) is 11.7. The third-order valence-corrected chi connectivity index (χ3v) is 5.71. The summed E-state index contributed by atoms with van der Waals surface area (Å²) in [6.45, 7) is 0.599. The van der Waals surface area contributed by atoms with E-state index in [-0.39, 0.29) is 6.54 Å². The summed E-state index contributed by atoms with van der Waals surface area (Å²) >= 11 is 0. The molecule has 0 saturated carbocycles. The van der Waals surface area contributed by atoms with E-state index in [0.29, 0.717) is 40.3 Å². The second-order valence-corrected chi connectivity index (χ2v) is 8.28. The largest absolute Gasteiger partial charge is 0.280 e. The molecule has 12 heteroatoms. The van der Waals surface area contributed by atoms with E-state index in [0.717, 1.165) is 24.3 Å².